The lowest BCUT2D eigenvalue weighted by atomic mass is 10.1. The van der Waals surface area contributed by atoms with Crippen molar-refractivity contribution < 1.29 is 9.53 Å². The Hall–Kier alpha value is -2.62. The number of hydrogen-bond donors (Lipinski definition) is 1. The van der Waals surface area contributed by atoms with Crippen LogP contribution in [0.2, 0.25) is 0 Å². The van der Waals surface area contributed by atoms with Crippen LogP contribution in [0.3, 0.4) is 0 Å². The highest BCUT2D eigenvalue weighted by Gasteiger charge is 2.02. The van der Waals surface area contributed by atoms with Crippen molar-refractivity contribution in [1.82, 2.24) is 5.43 Å². The van der Waals surface area contributed by atoms with Gasteiger partial charge in [-0.25, -0.2) is 5.43 Å². The summed E-state index contributed by atoms with van der Waals surface area (Å²) in [5.74, 6) is 0.633. The quantitative estimate of drug-likeness (QED) is 0.446. The molecular formula is C20H24N2O2. The molecule has 126 valence electrons. The Morgan fingerprint density at radius 3 is 2.46 bits per heavy atom. The minimum Gasteiger partial charge on any atom is -0.494 e. The van der Waals surface area contributed by atoms with Crippen molar-refractivity contribution >= 4 is 12.1 Å². The van der Waals surface area contributed by atoms with E-state index in [1.807, 2.05) is 43.3 Å². The van der Waals surface area contributed by atoms with Gasteiger partial charge in [0.15, 0.2) is 0 Å². The number of hydrogen-bond acceptors (Lipinski definition) is 3. The van der Waals surface area contributed by atoms with Crippen LogP contribution in [0.25, 0.3) is 0 Å². The van der Waals surface area contributed by atoms with E-state index in [0.29, 0.717) is 5.56 Å². The molecule has 0 aliphatic heterocycles. The third-order valence-electron chi connectivity index (χ3n) is 3.59. The third-order valence-corrected chi connectivity index (χ3v) is 3.59. The first-order valence-electron chi connectivity index (χ1n) is 8.32. The first-order valence-corrected chi connectivity index (χ1v) is 8.32. The molecule has 0 bridgehead atoms. The van der Waals surface area contributed by atoms with Crippen LogP contribution in [-0.4, -0.2) is 18.7 Å². The molecule has 2 rings (SSSR count). The fraction of sp³-hybridized carbons (Fsp3) is 0.300. The van der Waals surface area contributed by atoms with Gasteiger partial charge in [-0.2, -0.15) is 5.10 Å². The Labute approximate surface area is 143 Å². The third kappa shape index (κ3) is 5.88. The van der Waals surface area contributed by atoms with E-state index < -0.39 is 0 Å². The lowest BCUT2D eigenvalue weighted by Crippen LogP contribution is -2.17. The van der Waals surface area contributed by atoms with E-state index in [2.05, 4.69) is 17.5 Å². The topological polar surface area (TPSA) is 50.7 Å². The molecule has 0 saturated carbocycles. The summed E-state index contributed by atoms with van der Waals surface area (Å²) in [6.07, 6.45) is 5.07. The molecule has 0 unspecified atom stereocenters. The van der Waals surface area contributed by atoms with Crippen molar-refractivity contribution in [2.24, 2.45) is 5.10 Å². The van der Waals surface area contributed by atoms with Crippen LogP contribution in [0.4, 0.5) is 0 Å². The molecule has 4 nitrogen and oxygen atoms in total. The maximum absolute atomic E-state index is 11.9. The maximum atomic E-state index is 11.9. The van der Waals surface area contributed by atoms with Crippen LogP contribution < -0.4 is 10.2 Å². The zero-order valence-corrected chi connectivity index (χ0v) is 14.3. The van der Waals surface area contributed by atoms with Crippen molar-refractivity contribution in [3.05, 3.63) is 65.2 Å². The number of ether oxygens (including phenoxy) is 1. The predicted octanol–water partition coefficient (Wildman–Crippen LogP) is 4.33. The van der Waals surface area contributed by atoms with E-state index in [1.165, 1.54) is 12.8 Å². The molecule has 4 heteroatoms. The van der Waals surface area contributed by atoms with Gasteiger partial charge in [0.25, 0.3) is 5.91 Å². The summed E-state index contributed by atoms with van der Waals surface area (Å²) in [5.41, 5.74) is 5.14. The molecule has 0 fully saturated rings. The van der Waals surface area contributed by atoms with Gasteiger partial charge in [0, 0.05) is 5.56 Å². The smallest absolute Gasteiger partial charge is 0.271 e. The Morgan fingerprint density at radius 1 is 1.08 bits per heavy atom. The van der Waals surface area contributed by atoms with Crippen LogP contribution in [0, 0.1) is 6.92 Å². The molecule has 1 amide bonds. The van der Waals surface area contributed by atoms with Crippen molar-refractivity contribution in [2.45, 2.75) is 33.1 Å². The molecule has 1 N–H and O–H groups in total. The molecule has 0 spiro atoms. The summed E-state index contributed by atoms with van der Waals surface area (Å²) in [4.78, 5) is 11.9. The standard InChI is InChI=1S/C20H24N2O2/c1-3-4-5-14-24-19-12-8-17(9-13-19)15-21-22-20(23)18-10-6-16(2)7-11-18/h6-13,15H,3-5,14H2,1-2H3,(H,22,23)/b21-15-. The minimum atomic E-state index is -0.220. The number of nitrogens with one attached hydrogen (secondary N) is 1. The molecule has 0 radical (unpaired) electrons. The number of benzene rings is 2. The van der Waals surface area contributed by atoms with Gasteiger partial charge >= 0.3 is 0 Å². The summed E-state index contributed by atoms with van der Waals surface area (Å²) in [6, 6.07) is 15.0. The molecule has 2 aromatic carbocycles. The predicted molar refractivity (Wildman–Crippen MR) is 97.7 cm³/mol. The number of carbonyl (C=O) groups is 1. The molecule has 0 heterocycles. The second-order valence-electron chi connectivity index (χ2n) is 5.69. The van der Waals surface area contributed by atoms with Crippen molar-refractivity contribution in [1.29, 1.82) is 0 Å². The van der Waals surface area contributed by atoms with Gasteiger partial charge in [0.2, 0.25) is 0 Å². The summed E-state index contributed by atoms with van der Waals surface area (Å²) in [6.45, 7) is 4.90. The average molecular weight is 324 g/mol. The minimum absolute atomic E-state index is 0.220. The van der Waals surface area contributed by atoms with Crippen LogP contribution in [0.15, 0.2) is 53.6 Å². The van der Waals surface area contributed by atoms with Crippen molar-refractivity contribution in [2.75, 3.05) is 6.61 Å². The van der Waals surface area contributed by atoms with Crippen LogP contribution >= 0.6 is 0 Å². The van der Waals surface area contributed by atoms with Gasteiger partial charge in [-0.05, 0) is 55.3 Å². The van der Waals surface area contributed by atoms with Crippen molar-refractivity contribution in [3.8, 4) is 5.75 Å². The van der Waals surface area contributed by atoms with Crippen LogP contribution in [0.1, 0.15) is 47.7 Å². The average Bonchev–Trinajstić information content (AvgIpc) is 2.60. The lowest BCUT2D eigenvalue weighted by molar-refractivity contribution is 0.0955. The second kappa shape index (κ2) is 9.50. The van der Waals surface area contributed by atoms with Crippen LogP contribution in [0.5, 0.6) is 5.75 Å². The largest absolute Gasteiger partial charge is 0.494 e. The first kappa shape index (κ1) is 17.7. The molecule has 0 aromatic heterocycles. The summed E-state index contributed by atoms with van der Waals surface area (Å²) < 4.78 is 5.66. The highest BCUT2D eigenvalue weighted by Crippen LogP contribution is 2.12. The summed E-state index contributed by atoms with van der Waals surface area (Å²) in [7, 11) is 0. The lowest BCUT2D eigenvalue weighted by Gasteiger charge is -2.05. The van der Waals surface area contributed by atoms with E-state index in [1.54, 1.807) is 18.3 Å². The highest BCUT2D eigenvalue weighted by atomic mass is 16.5. The number of aryl methyl sites for hydroxylation is 1. The molecule has 2 aromatic rings. The second-order valence-corrected chi connectivity index (χ2v) is 5.69. The zero-order chi connectivity index (χ0) is 17.2. The number of unbranched alkanes of at least 4 members (excludes halogenated alkanes) is 2. The number of hydrazone groups is 1. The molecule has 0 saturated heterocycles. The fourth-order valence-corrected chi connectivity index (χ4v) is 2.13. The van der Waals surface area contributed by atoms with Gasteiger partial charge in [-0.15, -0.1) is 0 Å². The van der Waals surface area contributed by atoms with Gasteiger partial charge < -0.3 is 4.74 Å². The molecule has 0 atom stereocenters. The zero-order valence-electron chi connectivity index (χ0n) is 14.3. The van der Waals surface area contributed by atoms with Gasteiger partial charge in [0.05, 0.1) is 12.8 Å². The number of nitrogens with zero attached hydrogens (tertiary/aromatic N) is 1. The summed E-state index contributed by atoms with van der Waals surface area (Å²) >= 11 is 0. The van der Waals surface area contributed by atoms with E-state index in [9.17, 15) is 4.79 Å². The Balaban J connectivity index is 1.81. The number of amides is 1. The van der Waals surface area contributed by atoms with Crippen LogP contribution in [-0.2, 0) is 0 Å². The summed E-state index contributed by atoms with van der Waals surface area (Å²) in [5, 5.41) is 3.99. The molecule has 0 aliphatic carbocycles. The SMILES string of the molecule is CCCCCOc1ccc(/C=N\NC(=O)c2ccc(C)cc2)cc1. The normalized spacial score (nSPS) is 10.8. The first-order chi connectivity index (χ1) is 11.7. The van der Waals surface area contributed by atoms with Gasteiger partial charge in [0.1, 0.15) is 5.75 Å². The Bertz CT molecular complexity index is 661. The monoisotopic (exact) mass is 324 g/mol. The van der Waals surface area contributed by atoms with Gasteiger partial charge in [-0.3, -0.25) is 4.79 Å². The maximum Gasteiger partial charge on any atom is 0.271 e. The molecule has 0 aliphatic rings. The van der Waals surface area contributed by atoms with Gasteiger partial charge in [-0.1, -0.05) is 37.5 Å². The van der Waals surface area contributed by atoms with E-state index in [0.717, 1.165) is 29.9 Å². The Morgan fingerprint density at radius 2 is 1.79 bits per heavy atom. The number of carbonyl (C=O) groups excluding carboxylic acids is 1. The van der Waals surface area contributed by atoms with E-state index in [-0.39, 0.29) is 5.91 Å². The van der Waals surface area contributed by atoms with Crippen molar-refractivity contribution in [3.63, 3.8) is 0 Å². The highest BCUT2D eigenvalue weighted by molar-refractivity contribution is 5.94. The van der Waals surface area contributed by atoms with E-state index >= 15 is 0 Å². The number of rotatable bonds is 8. The Kier molecular flexibility index (Phi) is 7.02. The fourth-order valence-electron chi connectivity index (χ4n) is 2.13. The molecular weight excluding hydrogens is 300 g/mol. The van der Waals surface area contributed by atoms with E-state index in [4.69, 9.17) is 4.74 Å². The molecule has 24 heavy (non-hydrogen) atoms.